The van der Waals surface area contributed by atoms with E-state index in [4.69, 9.17) is 17.3 Å². The zero-order valence-electron chi connectivity index (χ0n) is 11.0. The molecule has 0 aliphatic heterocycles. The largest absolute Gasteiger partial charge is 0.326 e. The van der Waals surface area contributed by atoms with Gasteiger partial charge in [-0.15, -0.1) is 0 Å². The standard InChI is InChI=1S/C14H14BrClN2O2S/c15-12-3-1-2-11(6-12)9-18-21(19,20)14-7-10(8-17)4-5-13(14)16/h1-7,18H,8-9,17H2. The minimum Gasteiger partial charge on any atom is -0.326 e. The fourth-order valence-electron chi connectivity index (χ4n) is 1.78. The van der Waals surface area contributed by atoms with Gasteiger partial charge in [0, 0.05) is 17.6 Å². The number of nitrogens with one attached hydrogen (secondary N) is 1. The summed E-state index contributed by atoms with van der Waals surface area (Å²) < 4.78 is 28.1. The van der Waals surface area contributed by atoms with Crippen molar-refractivity contribution in [2.45, 2.75) is 18.0 Å². The van der Waals surface area contributed by atoms with Gasteiger partial charge in [-0.05, 0) is 35.4 Å². The van der Waals surface area contributed by atoms with Crippen LogP contribution < -0.4 is 10.5 Å². The molecule has 2 rings (SSSR count). The number of benzene rings is 2. The smallest absolute Gasteiger partial charge is 0.242 e. The van der Waals surface area contributed by atoms with Crippen LogP contribution in [-0.2, 0) is 23.1 Å². The molecule has 3 N–H and O–H groups in total. The van der Waals surface area contributed by atoms with Crippen molar-refractivity contribution in [2.75, 3.05) is 0 Å². The molecule has 0 aliphatic carbocycles. The molecule has 0 amide bonds. The van der Waals surface area contributed by atoms with Crippen LogP contribution >= 0.6 is 27.5 Å². The first-order valence-corrected chi connectivity index (χ1v) is 8.80. The van der Waals surface area contributed by atoms with Crippen molar-refractivity contribution in [1.29, 1.82) is 0 Å². The number of halogens is 2. The first-order valence-electron chi connectivity index (χ1n) is 6.15. The fraction of sp³-hybridized carbons (Fsp3) is 0.143. The molecule has 0 heterocycles. The van der Waals surface area contributed by atoms with E-state index in [0.717, 1.165) is 10.0 Å². The van der Waals surface area contributed by atoms with E-state index in [0.29, 0.717) is 5.56 Å². The van der Waals surface area contributed by atoms with Crippen LogP contribution in [0.15, 0.2) is 51.8 Å². The molecular formula is C14H14BrClN2O2S. The van der Waals surface area contributed by atoms with Crippen molar-refractivity contribution in [3.63, 3.8) is 0 Å². The third-order valence-corrected chi connectivity index (χ3v) is 5.25. The van der Waals surface area contributed by atoms with Crippen LogP contribution in [0.2, 0.25) is 5.02 Å². The lowest BCUT2D eigenvalue weighted by molar-refractivity contribution is 0.581. The Bertz CT molecular complexity index is 750. The van der Waals surface area contributed by atoms with Crippen molar-refractivity contribution in [3.05, 3.63) is 63.1 Å². The van der Waals surface area contributed by atoms with E-state index >= 15 is 0 Å². The first kappa shape index (κ1) is 16.5. The van der Waals surface area contributed by atoms with Crippen LogP contribution in [0.5, 0.6) is 0 Å². The zero-order valence-corrected chi connectivity index (χ0v) is 14.2. The Morgan fingerprint density at radius 2 is 1.90 bits per heavy atom. The lowest BCUT2D eigenvalue weighted by atomic mass is 10.2. The number of nitrogens with two attached hydrogens (primary N) is 1. The Morgan fingerprint density at radius 3 is 2.57 bits per heavy atom. The van der Waals surface area contributed by atoms with Crippen LogP contribution in [-0.4, -0.2) is 8.42 Å². The highest BCUT2D eigenvalue weighted by Crippen LogP contribution is 2.23. The van der Waals surface area contributed by atoms with Gasteiger partial charge in [-0.2, -0.15) is 0 Å². The van der Waals surface area contributed by atoms with Gasteiger partial charge >= 0.3 is 0 Å². The molecule has 21 heavy (non-hydrogen) atoms. The maximum atomic E-state index is 12.3. The van der Waals surface area contributed by atoms with Gasteiger partial charge in [0.05, 0.1) is 5.02 Å². The van der Waals surface area contributed by atoms with Gasteiger partial charge in [-0.25, -0.2) is 13.1 Å². The molecule has 0 bridgehead atoms. The predicted octanol–water partition coefficient (Wildman–Crippen LogP) is 3.04. The second kappa shape index (κ2) is 6.89. The number of rotatable bonds is 5. The Balaban J connectivity index is 2.22. The Kier molecular flexibility index (Phi) is 5.40. The molecule has 0 saturated heterocycles. The van der Waals surface area contributed by atoms with E-state index < -0.39 is 10.0 Å². The van der Waals surface area contributed by atoms with Gasteiger partial charge in [0.1, 0.15) is 4.90 Å². The summed E-state index contributed by atoms with van der Waals surface area (Å²) >= 11 is 9.32. The lowest BCUT2D eigenvalue weighted by Crippen LogP contribution is -2.23. The molecule has 0 unspecified atom stereocenters. The van der Waals surface area contributed by atoms with Gasteiger partial charge in [0.2, 0.25) is 10.0 Å². The maximum Gasteiger partial charge on any atom is 0.242 e. The van der Waals surface area contributed by atoms with Gasteiger partial charge in [-0.3, -0.25) is 0 Å². The summed E-state index contributed by atoms with van der Waals surface area (Å²) in [4.78, 5) is 0.0436. The molecule has 0 radical (unpaired) electrons. The van der Waals surface area contributed by atoms with E-state index in [1.165, 1.54) is 12.1 Å². The molecule has 0 aliphatic rings. The van der Waals surface area contributed by atoms with Gasteiger partial charge in [0.25, 0.3) is 0 Å². The minimum absolute atomic E-state index is 0.0436. The van der Waals surface area contributed by atoms with Gasteiger partial charge < -0.3 is 5.73 Å². The molecule has 0 fully saturated rings. The highest BCUT2D eigenvalue weighted by atomic mass is 79.9. The third-order valence-electron chi connectivity index (χ3n) is 2.88. The molecule has 0 saturated carbocycles. The Labute approximate surface area is 137 Å². The van der Waals surface area contributed by atoms with E-state index in [9.17, 15) is 8.42 Å². The van der Waals surface area contributed by atoms with Crippen LogP contribution in [0.3, 0.4) is 0 Å². The average Bonchev–Trinajstić information content (AvgIpc) is 2.46. The van der Waals surface area contributed by atoms with Crippen LogP contribution in [0.1, 0.15) is 11.1 Å². The first-order chi connectivity index (χ1) is 9.92. The van der Waals surface area contributed by atoms with E-state index in [-0.39, 0.29) is 23.0 Å². The Morgan fingerprint density at radius 1 is 1.14 bits per heavy atom. The monoisotopic (exact) mass is 388 g/mol. The molecule has 112 valence electrons. The highest BCUT2D eigenvalue weighted by molar-refractivity contribution is 9.10. The molecule has 0 atom stereocenters. The average molecular weight is 390 g/mol. The molecule has 2 aromatic carbocycles. The molecule has 2 aromatic rings. The summed E-state index contributed by atoms with van der Waals surface area (Å²) in [6.45, 7) is 0.441. The van der Waals surface area contributed by atoms with Crippen LogP contribution in [0.25, 0.3) is 0 Å². The van der Waals surface area contributed by atoms with Crippen molar-refractivity contribution >= 4 is 37.6 Å². The van der Waals surface area contributed by atoms with Crippen molar-refractivity contribution in [1.82, 2.24) is 4.72 Å². The van der Waals surface area contributed by atoms with Crippen LogP contribution in [0, 0.1) is 0 Å². The maximum absolute atomic E-state index is 12.3. The predicted molar refractivity (Wildman–Crippen MR) is 87.5 cm³/mol. The molecular weight excluding hydrogens is 376 g/mol. The normalized spacial score (nSPS) is 11.6. The third kappa shape index (κ3) is 4.28. The second-order valence-electron chi connectivity index (χ2n) is 4.42. The molecule has 4 nitrogen and oxygen atoms in total. The van der Waals surface area contributed by atoms with Crippen molar-refractivity contribution in [3.8, 4) is 0 Å². The number of sulfonamides is 1. The molecule has 7 heteroatoms. The summed E-state index contributed by atoms with van der Waals surface area (Å²) in [5, 5.41) is 0.175. The van der Waals surface area contributed by atoms with E-state index in [1.54, 1.807) is 6.07 Å². The fourth-order valence-corrected chi connectivity index (χ4v) is 3.80. The topological polar surface area (TPSA) is 72.2 Å². The molecule has 0 spiro atoms. The SMILES string of the molecule is NCc1ccc(Cl)c(S(=O)(=O)NCc2cccc(Br)c2)c1. The quantitative estimate of drug-likeness (QED) is 0.825. The van der Waals surface area contributed by atoms with Gasteiger partial charge in [0.15, 0.2) is 0 Å². The summed E-state index contributed by atoms with van der Waals surface area (Å²) in [5.74, 6) is 0. The van der Waals surface area contributed by atoms with Gasteiger partial charge in [-0.1, -0.05) is 45.7 Å². The zero-order chi connectivity index (χ0) is 15.5. The summed E-state index contributed by atoms with van der Waals surface area (Å²) in [6, 6.07) is 12.1. The number of hydrogen-bond acceptors (Lipinski definition) is 3. The van der Waals surface area contributed by atoms with Crippen molar-refractivity contribution < 1.29 is 8.42 Å². The second-order valence-corrected chi connectivity index (χ2v) is 7.48. The van der Waals surface area contributed by atoms with Crippen LogP contribution in [0.4, 0.5) is 0 Å². The Hall–Kier alpha value is -0.920. The van der Waals surface area contributed by atoms with Crippen molar-refractivity contribution in [2.24, 2.45) is 5.73 Å². The summed E-state index contributed by atoms with van der Waals surface area (Å²) in [5.41, 5.74) is 7.09. The lowest BCUT2D eigenvalue weighted by Gasteiger charge is -2.10. The number of hydrogen-bond donors (Lipinski definition) is 2. The minimum atomic E-state index is -3.69. The highest BCUT2D eigenvalue weighted by Gasteiger charge is 2.18. The van der Waals surface area contributed by atoms with E-state index in [1.807, 2.05) is 24.3 Å². The molecule has 0 aromatic heterocycles. The summed E-state index contributed by atoms with van der Waals surface area (Å²) in [6.07, 6.45) is 0. The van der Waals surface area contributed by atoms with E-state index in [2.05, 4.69) is 20.7 Å². The summed E-state index contributed by atoms with van der Waals surface area (Å²) in [7, 11) is -3.69.